The van der Waals surface area contributed by atoms with E-state index < -0.39 is 11.5 Å². The van der Waals surface area contributed by atoms with Gasteiger partial charge in [-0.25, -0.2) is 9.78 Å². The van der Waals surface area contributed by atoms with Crippen molar-refractivity contribution < 1.29 is 9.21 Å². The molecule has 1 aromatic carbocycles. The molecular weight excluding hydrogens is 338 g/mol. The summed E-state index contributed by atoms with van der Waals surface area (Å²) in [5, 5.41) is 3.98. The second-order valence-electron chi connectivity index (χ2n) is 5.95. The van der Waals surface area contributed by atoms with E-state index in [9.17, 15) is 9.59 Å². The van der Waals surface area contributed by atoms with Crippen molar-refractivity contribution in [2.24, 2.45) is 0 Å². The van der Waals surface area contributed by atoms with E-state index >= 15 is 0 Å². The number of anilines is 1. The molecule has 7 heteroatoms. The summed E-state index contributed by atoms with van der Waals surface area (Å²) >= 11 is 1.47. The number of amides is 1. The summed E-state index contributed by atoms with van der Waals surface area (Å²) in [6.45, 7) is 4.97. The van der Waals surface area contributed by atoms with Crippen molar-refractivity contribution in [1.29, 1.82) is 0 Å². The van der Waals surface area contributed by atoms with Crippen LogP contribution in [-0.2, 0) is 13.0 Å². The smallest absolute Gasteiger partial charge is 0.349 e. The van der Waals surface area contributed by atoms with Crippen molar-refractivity contribution in [1.82, 2.24) is 9.88 Å². The Bertz CT molecular complexity index is 1010. The second-order valence-corrected chi connectivity index (χ2v) is 7.03. The molecular formula is C18H17N3O3S. The van der Waals surface area contributed by atoms with Crippen LogP contribution in [0.4, 0.5) is 5.13 Å². The van der Waals surface area contributed by atoms with E-state index in [1.165, 1.54) is 16.2 Å². The highest BCUT2D eigenvalue weighted by Gasteiger charge is 2.21. The van der Waals surface area contributed by atoms with Crippen LogP contribution >= 0.6 is 11.3 Å². The van der Waals surface area contributed by atoms with Gasteiger partial charge >= 0.3 is 5.63 Å². The third-order valence-electron chi connectivity index (χ3n) is 4.36. The molecule has 1 aliphatic rings. The van der Waals surface area contributed by atoms with Crippen LogP contribution in [0.3, 0.4) is 0 Å². The Balaban J connectivity index is 1.60. The normalized spacial score (nSPS) is 14.4. The van der Waals surface area contributed by atoms with Gasteiger partial charge in [0.2, 0.25) is 0 Å². The standard InChI is InChI=1S/C18H17N3O3S/c1-2-21-8-7-13-15(10-21)25-18(19-13)20-16(22)12-9-11-5-3-4-6-14(11)24-17(12)23/h3-6,9H,2,7-8,10H2,1H3,(H,19,20,22). The van der Waals surface area contributed by atoms with Crippen molar-refractivity contribution in [2.45, 2.75) is 19.9 Å². The SMILES string of the molecule is CCN1CCc2nc(NC(=O)c3cc4ccccc4oc3=O)sc2C1. The third-order valence-corrected chi connectivity index (χ3v) is 5.36. The largest absolute Gasteiger partial charge is 0.422 e. The number of hydrogen-bond donors (Lipinski definition) is 1. The number of rotatable bonds is 3. The van der Waals surface area contributed by atoms with E-state index in [0.29, 0.717) is 16.1 Å². The molecule has 128 valence electrons. The number of aromatic nitrogens is 1. The molecule has 0 aliphatic carbocycles. The lowest BCUT2D eigenvalue weighted by molar-refractivity contribution is 0.102. The second kappa shape index (κ2) is 6.42. The Kier molecular flexibility index (Phi) is 4.10. The predicted octanol–water partition coefficient (Wildman–Crippen LogP) is 2.88. The van der Waals surface area contributed by atoms with E-state index in [1.807, 2.05) is 6.07 Å². The van der Waals surface area contributed by atoms with Crippen LogP contribution in [0.2, 0.25) is 0 Å². The van der Waals surface area contributed by atoms with E-state index in [2.05, 4.69) is 22.1 Å². The van der Waals surface area contributed by atoms with Gasteiger partial charge in [-0.1, -0.05) is 25.1 Å². The quantitative estimate of drug-likeness (QED) is 0.731. The van der Waals surface area contributed by atoms with Gasteiger partial charge in [0.25, 0.3) is 5.91 Å². The molecule has 0 saturated carbocycles. The maximum atomic E-state index is 12.5. The molecule has 3 aromatic rings. The van der Waals surface area contributed by atoms with Crippen LogP contribution in [-0.4, -0.2) is 28.9 Å². The van der Waals surface area contributed by atoms with Crippen molar-refractivity contribution in [3.05, 3.63) is 56.9 Å². The molecule has 4 rings (SSSR count). The fourth-order valence-corrected chi connectivity index (χ4v) is 4.00. The number of fused-ring (bicyclic) bond motifs is 2. The molecule has 1 amide bonds. The summed E-state index contributed by atoms with van der Waals surface area (Å²) in [5.74, 6) is -0.488. The Morgan fingerprint density at radius 3 is 3.08 bits per heavy atom. The first-order chi connectivity index (χ1) is 12.1. The monoisotopic (exact) mass is 355 g/mol. The zero-order valence-electron chi connectivity index (χ0n) is 13.7. The summed E-state index contributed by atoms with van der Waals surface area (Å²) in [7, 11) is 0. The summed E-state index contributed by atoms with van der Waals surface area (Å²) in [5.41, 5.74) is 0.848. The topological polar surface area (TPSA) is 75.4 Å². The van der Waals surface area contributed by atoms with Crippen LogP contribution in [0.5, 0.6) is 0 Å². The third kappa shape index (κ3) is 3.08. The van der Waals surface area contributed by atoms with Crippen LogP contribution < -0.4 is 10.9 Å². The molecule has 25 heavy (non-hydrogen) atoms. The minimum absolute atomic E-state index is 0.0120. The molecule has 1 N–H and O–H groups in total. The van der Waals surface area contributed by atoms with Crippen LogP contribution in [0.1, 0.15) is 27.9 Å². The molecule has 2 aromatic heterocycles. The summed E-state index contributed by atoms with van der Waals surface area (Å²) < 4.78 is 5.22. The number of para-hydroxylation sites is 1. The fourth-order valence-electron chi connectivity index (χ4n) is 2.96. The number of nitrogens with zero attached hydrogens (tertiary/aromatic N) is 2. The predicted molar refractivity (Wildman–Crippen MR) is 97.2 cm³/mol. The maximum absolute atomic E-state index is 12.5. The lowest BCUT2D eigenvalue weighted by atomic mass is 10.2. The zero-order chi connectivity index (χ0) is 17.4. The molecule has 0 fully saturated rings. The highest BCUT2D eigenvalue weighted by Crippen LogP contribution is 2.28. The van der Waals surface area contributed by atoms with Gasteiger partial charge in [0.05, 0.1) is 5.69 Å². The van der Waals surface area contributed by atoms with Gasteiger partial charge in [0, 0.05) is 29.8 Å². The summed E-state index contributed by atoms with van der Waals surface area (Å²) in [6, 6.07) is 8.68. The average molecular weight is 355 g/mol. The number of carbonyl (C=O) groups excluding carboxylic acids is 1. The molecule has 0 bridgehead atoms. The highest BCUT2D eigenvalue weighted by atomic mass is 32.1. The van der Waals surface area contributed by atoms with Gasteiger partial charge in [0.1, 0.15) is 11.1 Å². The van der Waals surface area contributed by atoms with Gasteiger partial charge in [-0.3, -0.25) is 15.0 Å². The van der Waals surface area contributed by atoms with Gasteiger partial charge < -0.3 is 4.42 Å². The van der Waals surface area contributed by atoms with E-state index in [0.717, 1.165) is 31.7 Å². The Labute approximate surface area is 148 Å². The minimum atomic E-state index is -0.644. The van der Waals surface area contributed by atoms with Crippen molar-refractivity contribution in [3.8, 4) is 0 Å². The molecule has 0 atom stereocenters. The lowest BCUT2D eigenvalue weighted by Gasteiger charge is -2.23. The molecule has 0 radical (unpaired) electrons. The van der Waals surface area contributed by atoms with E-state index in [-0.39, 0.29) is 5.56 Å². The van der Waals surface area contributed by atoms with Crippen molar-refractivity contribution in [2.75, 3.05) is 18.4 Å². The molecule has 0 unspecified atom stereocenters. The first kappa shape index (κ1) is 16.0. The number of hydrogen-bond acceptors (Lipinski definition) is 6. The summed E-state index contributed by atoms with van der Waals surface area (Å²) in [6.07, 6.45) is 0.883. The molecule has 3 heterocycles. The fraction of sp³-hybridized carbons (Fsp3) is 0.278. The maximum Gasteiger partial charge on any atom is 0.349 e. The van der Waals surface area contributed by atoms with Crippen LogP contribution in [0.15, 0.2) is 39.5 Å². The Hall–Kier alpha value is -2.51. The van der Waals surface area contributed by atoms with Crippen molar-refractivity contribution >= 4 is 33.3 Å². The average Bonchev–Trinajstić information content (AvgIpc) is 3.02. The van der Waals surface area contributed by atoms with Gasteiger partial charge in [0.15, 0.2) is 5.13 Å². The molecule has 0 spiro atoms. The molecule has 1 aliphatic heterocycles. The Morgan fingerprint density at radius 2 is 2.24 bits per heavy atom. The number of nitrogens with one attached hydrogen (secondary N) is 1. The molecule has 0 saturated heterocycles. The highest BCUT2D eigenvalue weighted by molar-refractivity contribution is 7.15. The first-order valence-corrected chi connectivity index (χ1v) is 9.01. The van der Waals surface area contributed by atoms with Gasteiger partial charge in [-0.05, 0) is 18.7 Å². The van der Waals surface area contributed by atoms with E-state index in [1.54, 1.807) is 24.3 Å². The first-order valence-electron chi connectivity index (χ1n) is 8.19. The number of benzene rings is 1. The number of likely N-dealkylation sites (N-methyl/N-ethyl adjacent to an activating group) is 1. The van der Waals surface area contributed by atoms with Gasteiger partial charge in [-0.2, -0.15) is 0 Å². The number of carbonyl (C=O) groups is 1. The van der Waals surface area contributed by atoms with Crippen LogP contribution in [0, 0.1) is 0 Å². The lowest BCUT2D eigenvalue weighted by Crippen LogP contribution is -2.29. The molecule has 6 nitrogen and oxygen atoms in total. The van der Waals surface area contributed by atoms with E-state index in [4.69, 9.17) is 4.42 Å². The minimum Gasteiger partial charge on any atom is -0.422 e. The zero-order valence-corrected chi connectivity index (χ0v) is 14.6. The van der Waals surface area contributed by atoms with Crippen LogP contribution in [0.25, 0.3) is 11.0 Å². The van der Waals surface area contributed by atoms with Crippen molar-refractivity contribution in [3.63, 3.8) is 0 Å². The number of thiazole rings is 1. The summed E-state index contributed by atoms with van der Waals surface area (Å²) in [4.78, 5) is 32.6. The Morgan fingerprint density at radius 1 is 1.40 bits per heavy atom. The van der Waals surface area contributed by atoms with Gasteiger partial charge in [-0.15, -0.1) is 11.3 Å².